The van der Waals surface area contributed by atoms with Crippen molar-refractivity contribution in [1.82, 2.24) is 19.7 Å². The van der Waals surface area contributed by atoms with Crippen LogP contribution in [0.25, 0.3) is 5.82 Å². The Hall–Kier alpha value is -4.30. The molecule has 1 aliphatic rings. The molecule has 4 rings (SSSR count). The number of nitrogens with one attached hydrogen (secondary N) is 1. The lowest BCUT2D eigenvalue weighted by Gasteiger charge is -2.33. The number of aromatic nitrogens is 3. The molecule has 0 aliphatic carbocycles. The van der Waals surface area contributed by atoms with Gasteiger partial charge in [-0.25, -0.2) is 4.98 Å². The molecule has 0 atom stereocenters. The van der Waals surface area contributed by atoms with Crippen molar-refractivity contribution in [2.75, 3.05) is 43.4 Å². The molecule has 3 heterocycles. The minimum absolute atomic E-state index is 0.104. The van der Waals surface area contributed by atoms with Gasteiger partial charge in [-0.15, -0.1) is 0 Å². The van der Waals surface area contributed by atoms with Crippen LogP contribution in [0, 0.1) is 21.4 Å². The van der Waals surface area contributed by atoms with Gasteiger partial charge in [-0.05, 0) is 31.3 Å². The zero-order valence-electron chi connectivity index (χ0n) is 17.3. The van der Waals surface area contributed by atoms with Gasteiger partial charge in [0.2, 0.25) is 0 Å². The Morgan fingerprint density at radius 3 is 2.66 bits per heavy atom. The molecule has 1 amide bonds. The third-order valence-corrected chi connectivity index (χ3v) is 5.27. The van der Waals surface area contributed by atoms with E-state index in [0.29, 0.717) is 24.6 Å². The lowest BCUT2D eigenvalue weighted by Crippen LogP contribution is -2.44. The number of rotatable bonds is 5. The standard InChI is InChI=1S/C21H20N8O3/c1-26-8-10-27(11-9-26)17-6-5-15(12-18(17)29(31)32)21(30)25-20-16(13-22)14-24-28(20)19-4-2-3-7-23-19/h2-7,12,14H,8-11H2,1H3,(H,25,30). The van der Waals surface area contributed by atoms with E-state index in [2.05, 4.69) is 20.3 Å². The van der Waals surface area contributed by atoms with Gasteiger partial charge in [0.05, 0.1) is 11.1 Å². The van der Waals surface area contributed by atoms with Crippen molar-refractivity contribution in [1.29, 1.82) is 5.26 Å². The maximum atomic E-state index is 12.9. The van der Waals surface area contributed by atoms with E-state index in [0.717, 1.165) is 13.1 Å². The van der Waals surface area contributed by atoms with E-state index in [-0.39, 0.29) is 22.6 Å². The molecule has 162 valence electrons. The smallest absolute Gasteiger partial charge is 0.293 e. The number of carbonyl (C=O) groups excluding carboxylic acids is 1. The van der Waals surface area contributed by atoms with E-state index >= 15 is 0 Å². The van der Waals surface area contributed by atoms with Crippen molar-refractivity contribution in [3.8, 4) is 11.9 Å². The van der Waals surface area contributed by atoms with Crippen molar-refractivity contribution < 1.29 is 9.72 Å². The van der Waals surface area contributed by atoms with E-state index < -0.39 is 10.8 Å². The van der Waals surface area contributed by atoms with Gasteiger partial charge in [0.1, 0.15) is 17.3 Å². The molecule has 11 nitrogen and oxygen atoms in total. The fraction of sp³-hybridized carbons (Fsp3) is 0.238. The van der Waals surface area contributed by atoms with Crippen molar-refractivity contribution in [2.45, 2.75) is 0 Å². The lowest BCUT2D eigenvalue weighted by atomic mass is 10.1. The Bertz CT molecular complexity index is 1190. The number of carbonyl (C=O) groups is 1. The van der Waals surface area contributed by atoms with Crippen molar-refractivity contribution in [3.63, 3.8) is 0 Å². The number of hydrogen-bond acceptors (Lipinski definition) is 8. The van der Waals surface area contributed by atoms with Gasteiger partial charge in [0.25, 0.3) is 11.6 Å². The predicted molar refractivity (Wildman–Crippen MR) is 117 cm³/mol. The van der Waals surface area contributed by atoms with Crippen LogP contribution in [-0.2, 0) is 0 Å². The largest absolute Gasteiger partial charge is 0.363 e. The summed E-state index contributed by atoms with van der Waals surface area (Å²) in [6.45, 7) is 2.93. The molecule has 0 unspecified atom stereocenters. The molecule has 1 aromatic carbocycles. The molecule has 11 heteroatoms. The normalized spacial score (nSPS) is 14.1. The van der Waals surface area contributed by atoms with Gasteiger partial charge in [-0.1, -0.05) is 6.07 Å². The number of nitro groups is 1. The monoisotopic (exact) mass is 432 g/mol. The van der Waals surface area contributed by atoms with Crippen molar-refractivity contribution in [3.05, 3.63) is 70.0 Å². The molecule has 0 radical (unpaired) electrons. The summed E-state index contributed by atoms with van der Waals surface area (Å²) in [6.07, 6.45) is 2.89. The summed E-state index contributed by atoms with van der Waals surface area (Å²) < 4.78 is 1.34. The SMILES string of the molecule is CN1CCN(c2ccc(C(=O)Nc3c(C#N)cnn3-c3ccccn3)cc2[N+](=O)[O-])CC1. The second-order valence-corrected chi connectivity index (χ2v) is 7.32. The lowest BCUT2D eigenvalue weighted by molar-refractivity contribution is -0.384. The van der Waals surface area contributed by atoms with Gasteiger partial charge >= 0.3 is 0 Å². The Kier molecular flexibility index (Phi) is 5.78. The van der Waals surface area contributed by atoms with Crippen molar-refractivity contribution >= 4 is 23.1 Å². The minimum Gasteiger partial charge on any atom is -0.363 e. The Balaban J connectivity index is 1.64. The number of anilines is 2. The summed E-state index contributed by atoms with van der Waals surface area (Å²) in [5.74, 6) is -0.0325. The molecule has 32 heavy (non-hydrogen) atoms. The molecular weight excluding hydrogens is 412 g/mol. The first kappa shape index (κ1) is 21.0. The molecule has 0 saturated carbocycles. The molecule has 0 bridgehead atoms. The van der Waals surface area contributed by atoms with Crippen LogP contribution in [0.1, 0.15) is 15.9 Å². The number of likely N-dealkylation sites (N-methyl/N-ethyl adjacent to an activating group) is 1. The summed E-state index contributed by atoms with van der Waals surface area (Å²) >= 11 is 0. The Morgan fingerprint density at radius 2 is 2.00 bits per heavy atom. The van der Waals surface area contributed by atoms with Crippen LogP contribution >= 0.6 is 0 Å². The average molecular weight is 432 g/mol. The van der Waals surface area contributed by atoms with Crippen LogP contribution in [0.2, 0.25) is 0 Å². The molecule has 2 aromatic heterocycles. The Morgan fingerprint density at radius 1 is 1.22 bits per heavy atom. The van der Waals surface area contributed by atoms with Crippen LogP contribution in [0.15, 0.2) is 48.8 Å². The highest BCUT2D eigenvalue weighted by Gasteiger charge is 2.25. The zero-order chi connectivity index (χ0) is 22.7. The summed E-state index contributed by atoms with van der Waals surface area (Å²) in [6, 6.07) is 11.6. The number of piperazine rings is 1. The van der Waals surface area contributed by atoms with E-state index in [1.165, 1.54) is 16.9 Å². The maximum Gasteiger partial charge on any atom is 0.293 e. The number of pyridine rings is 1. The fourth-order valence-electron chi connectivity index (χ4n) is 3.51. The maximum absolute atomic E-state index is 12.9. The number of nitrogens with zero attached hydrogens (tertiary/aromatic N) is 7. The van der Waals surface area contributed by atoms with Crippen LogP contribution in [-0.4, -0.2) is 63.7 Å². The van der Waals surface area contributed by atoms with E-state index in [1.54, 1.807) is 36.5 Å². The average Bonchev–Trinajstić information content (AvgIpc) is 3.22. The van der Waals surface area contributed by atoms with Gasteiger partial charge < -0.3 is 15.1 Å². The third kappa shape index (κ3) is 4.12. The minimum atomic E-state index is -0.591. The number of nitro benzene ring substituents is 1. The summed E-state index contributed by atoms with van der Waals surface area (Å²) in [7, 11) is 2.00. The predicted octanol–water partition coefficient (Wildman–Crippen LogP) is 2.05. The number of nitriles is 1. The van der Waals surface area contributed by atoms with Gasteiger partial charge in [0, 0.05) is 44.0 Å². The van der Waals surface area contributed by atoms with Gasteiger partial charge in [-0.2, -0.15) is 15.0 Å². The molecule has 3 aromatic rings. The first-order valence-corrected chi connectivity index (χ1v) is 9.90. The summed E-state index contributed by atoms with van der Waals surface area (Å²) in [5, 5.41) is 27.9. The molecule has 1 fully saturated rings. The number of hydrogen-bond donors (Lipinski definition) is 1. The highest BCUT2D eigenvalue weighted by molar-refractivity contribution is 6.05. The summed E-state index contributed by atoms with van der Waals surface area (Å²) in [4.78, 5) is 32.5. The van der Waals surface area contributed by atoms with Gasteiger partial charge in [0.15, 0.2) is 11.6 Å². The molecule has 1 saturated heterocycles. The number of amides is 1. The second kappa shape index (κ2) is 8.83. The van der Waals surface area contributed by atoms with E-state index in [4.69, 9.17) is 0 Å². The quantitative estimate of drug-likeness (QED) is 0.478. The van der Waals surface area contributed by atoms with Crippen molar-refractivity contribution in [2.24, 2.45) is 0 Å². The topological polar surface area (TPSA) is 133 Å². The number of benzene rings is 1. The summed E-state index contributed by atoms with van der Waals surface area (Å²) in [5.41, 5.74) is 0.594. The van der Waals surface area contributed by atoms with Crippen LogP contribution in [0.5, 0.6) is 0 Å². The third-order valence-electron chi connectivity index (χ3n) is 5.27. The molecule has 1 N–H and O–H groups in total. The van der Waals surface area contributed by atoms with E-state index in [9.17, 15) is 20.2 Å². The van der Waals surface area contributed by atoms with Crippen LogP contribution in [0.4, 0.5) is 17.2 Å². The molecule has 1 aliphatic heterocycles. The molecule has 0 spiro atoms. The first-order valence-electron chi connectivity index (χ1n) is 9.90. The van der Waals surface area contributed by atoms with E-state index in [1.807, 2.05) is 18.0 Å². The second-order valence-electron chi connectivity index (χ2n) is 7.32. The Labute approximate surface area is 183 Å². The fourth-order valence-corrected chi connectivity index (χ4v) is 3.51. The first-order chi connectivity index (χ1) is 15.5. The van der Waals surface area contributed by atoms with Gasteiger partial charge in [-0.3, -0.25) is 14.9 Å². The highest BCUT2D eigenvalue weighted by Crippen LogP contribution is 2.30. The highest BCUT2D eigenvalue weighted by atomic mass is 16.6. The van der Waals surface area contributed by atoms with Crippen LogP contribution in [0.3, 0.4) is 0 Å². The van der Waals surface area contributed by atoms with Crippen LogP contribution < -0.4 is 10.2 Å². The zero-order valence-corrected chi connectivity index (χ0v) is 17.3. The molecular formula is C21H20N8O3.